The quantitative estimate of drug-likeness (QED) is 0.837. The summed E-state index contributed by atoms with van der Waals surface area (Å²) >= 11 is 0. The van der Waals surface area contributed by atoms with Crippen LogP contribution in [0.25, 0.3) is 0 Å². The zero-order valence-electron chi connectivity index (χ0n) is 13.0. The third kappa shape index (κ3) is 3.49. The molecule has 0 bridgehead atoms. The average Bonchev–Trinajstić information content (AvgIpc) is 2.44. The Hall–Kier alpha value is -1.60. The first-order chi connectivity index (χ1) is 9.63. The van der Waals surface area contributed by atoms with Gasteiger partial charge in [-0.05, 0) is 43.5 Å². The predicted molar refractivity (Wildman–Crippen MR) is 87.3 cm³/mol. The normalized spacial score (nSPS) is 12.4. The van der Waals surface area contributed by atoms with Gasteiger partial charge >= 0.3 is 0 Å². The fourth-order valence-corrected chi connectivity index (χ4v) is 2.75. The fraction of sp³-hybridized carbons (Fsp3) is 0.368. The largest absolute Gasteiger partial charge is 0.307 e. The van der Waals surface area contributed by atoms with E-state index in [-0.39, 0.29) is 6.04 Å². The highest BCUT2D eigenvalue weighted by Gasteiger charge is 2.13. The molecule has 20 heavy (non-hydrogen) atoms. The SMILES string of the molecule is CCNC(c1ccc(CC)cc1)c1cc(C)cc(C)c1. The molecule has 1 nitrogen and oxygen atoms in total. The molecule has 1 N–H and O–H groups in total. The van der Waals surface area contributed by atoms with Gasteiger partial charge in [0.2, 0.25) is 0 Å². The molecule has 0 aliphatic heterocycles. The first-order valence-electron chi connectivity index (χ1n) is 7.54. The van der Waals surface area contributed by atoms with Crippen LogP contribution in [0.3, 0.4) is 0 Å². The Morgan fingerprint density at radius 2 is 1.45 bits per heavy atom. The van der Waals surface area contributed by atoms with E-state index < -0.39 is 0 Å². The van der Waals surface area contributed by atoms with Gasteiger partial charge in [0.15, 0.2) is 0 Å². The summed E-state index contributed by atoms with van der Waals surface area (Å²) in [6, 6.07) is 16.1. The van der Waals surface area contributed by atoms with Crippen molar-refractivity contribution in [1.82, 2.24) is 5.32 Å². The second-order valence-corrected chi connectivity index (χ2v) is 5.51. The molecule has 2 aromatic rings. The summed E-state index contributed by atoms with van der Waals surface area (Å²) in [5.74, 6) is 0. The van der Waals surface area contributed by atoms with Crippen molar-refractivity contribution in [1.29, 1.82) is 0 Å². The van der Waals surface area contributed by atoms with Crippen LogP contribution in [0.1, 0.15) is 47.7 Å². The van der Waals surface area contributed by atoms with E-state index in [1.54, 1.807) is 0 Å². The molecule has 0 radical (unpaired) electrons. The van der Waals surface area contributed by atoms with Crippen LogP contribution in [0.5, 0.6) is 0 Å². The highest BCUT2D eigenvalue weighted by molar-refractivity contribution is 5.37. The number of aryl methyl sites for hydroxylation is 3. The van der Waals surface area contributed by atoms with Crippen LogP contribution in [-0.4, -0.2) is 6.54 Å². The van der Waals surface area contributed by atoms with E-state index >= 15 is 0 Å². The zero-order valence-corrected chi connectivity index (χ0v) is 13.0. The Kier molecular flexibility index (Phi) is 4.97. The standard InChI is InChI=1S/C19H25N/c1-5-16-7-9-17(10-8-16)19(20-6-2)18-12-14(3)11-15(4)13-18/h7-13,19-20H,5-6H2,1-4H3. The molecule has 0 saturated heterocycles. The molecule has 1 atom stereocenters. The summed E-state index contributed by atoms with van der Waals surface area (Å²) in [4.78, 5) is 0. The minimum atomic E-state index is 0.282. The fourth-order valence-electron chi connectivity index (χ4n) is 2.75. The van der Waals surface area contributed by atoms with Crippen LogP contribution in [0, 0.1) is 13.8 Å². The van der Waals surface area contributed by atoms with Crippen LogP contribution in [-0.2, 0) is 6.42 Å². The van der Waals surface area contributed by atoms with Crippen LogP contribution in [0.4, 0.5) is 0 Å². The van der Waals surface area contributed by atoms with E-state index in [1.807, 2.05) is 0 Å². The van der Waals surface area contributed by atoms with Crippen molar-refractivity contribution < 1.29 is 0 Å². The van der Waals surface area contributed by atoms with Gasteiger partial charge in [0.05, 0.1) is 6.04 Å². The number of hydrogen-bond acceptors (Lipinski definition) is 1. The average molecular weight is 267 g/mol. The third-order valence-corrected chi connectivity index (χ3v) is 3.71. The second kappa shape index (κ2) is 6.71. The van der Waals surface area contributed by atoms with Gasteiger partial charge in [-0.2, -0.15) is 0 Å². The van der Waals surface area contributed by atoms with E-state index in [0.717, 1.165) is 13.0 Å². The lowest BCUT2D eigenvalue weighted by molar-refractivity contribution is 0.629. The summed E-state index contributed by atoms with van der Waals surface area (Å²) in [6.45, 7) is 9.66. The van der Waals surface area contributed by atoms with Gasteiger partial charge in [0.1, 0.15) is 0 Å². The van der Waals surface area contributed by atoms with E-state index in [2.05, 4.69) is 75.5 Å². The molecule has 1 unspecified atom stereocenters. The molecule has 106 valence electrons. The van der Waals surface area contributed by atoms with Crippen LogP contribution in [0.2, 0.25) is 0 Å². The number of benzene rings is 2. The summed E-state index contributed by atoms with van der Waals surface area (Å²) in [5, 5.41) is 3.61. The second-order valence-electron chi connectivity index (χ2n) is 5.51. The van der Waals surface area contributed by atoms with Gasteiger partial charge in [-0.25, -0.2) is 0 Å². The molecule has 0 spiro atoms. The van der Waals surface area contributed by atoms with Gasteiger partial charge in [-0.3, -0.25) is 0 Å². The molecule has 1 heteroatoms. The van der Waals surface area contributed by atoms with E-state index in [1.165, 1.54) is 27.8 Å². The highest BCUT2D eigenvalue weighted by Crippen LogP contribution is 2.24. The smallest absolute Gasteiger partial charge is 0.0576 e. The molecule has 0 heterocycles. The number of rotatable bonds is 5. The van der Waals surface area contributed by atoms with Gasteiger partial charge in [-0.1, -0.05) is 67.4 Å². The highest BCUT2D eigenvalue weighted by atomic mass is 14.9. The van der Waals surface area contributed by atoms with E-state index in [4.69, 9.17) is 0 Å². The van der Waals surface area contributed by atoms with Gasteiger partial charge in [0, 0.05) is 0 Å². The molecule has 0 aliphatic carbocycles. The number of hydrogen-bond donors (Lipinski definition) is 1. The molecule has 0 aromatic heterocycles. The van der Waals surface area contributed by atoms with Gasteiger partial charge < -0.3 is 5.32 Å². The van der Waals surface area contributed by atoms with Crippen molar-refractivity contribution >= 4 is 0 Å². The Labute approximate surface area is 123 Å². The first kappa shape index (κ1) is 14.8. The van der Waals surface area contributed by atoms with Crippen molar-refractivity contribution in [3.05, 3.63) is 70.3 Å². The lowest BCUT2D eigenvalue weighted by Crippen LogP contribution is -2.22. The van der Waals surface area contributed by atoms with Crippen molar-refractivity contribution in [2.24, 2.45) is 0 Å². The van der Waals surface area contributed by atoms with E-state index in [9.17, 15) is 0 Å². The van der Waals surface area contributed by atoms with Crippen molar-refractivity contribution in [3.8, 4) is 0 Å². The molecular weight excluding hydrogens is 242 g/mol. The maximum atomic E-state index is 3.61. The Morgan fingerprint density at radius 3 is 1.95 bits per heavy atom. The van der Waals surface area contributed by atoms with Crippen molar-refractivity contribution in [2.75, 3.05) is 6.54 Å². The molecule has 0 saturated carbocycles. The lowest BCUT2D eigenvalue weighted by Gasteiger charge is -2.20. The zero-order chi connectivity index (χ0) is 14.5. The van der Waals surface area contributed by atoms with Gasteiger partial charge in [-0.15, -0.1) is 0 Å². The Bertz CT molecular complexity index is 534. The molecular formula is C19H25N. The third-order valence-electron chi connectivity index (χ3n) is 3.71. The maximum Gasteiger partial charge on any atom is 0.0576 e. The minimum absolute atomic E-state index is 0.282. The number of nitrogens with one attached hydrogen (secondary N) is 1. The first-order valence-corrected chi connectivity index (χ1v) is 7.54. The summed E-state index contributed by atoms with van der Waals surface area (Å²) < 4.78 is 0. The maximum absolute atomic E-state index is 3.61. The lowest BCUT2D eigenvalue weighted by atomic mass is 9.94. The summed E-state index contributed by atoms with van der Waals surface area (Å²) in [6.07, 6.45) is 1.09. The van der Waals surface area contributed by atoms with E-state index in [0.29, 0.717) is 0 Å². The molecule has 0 aliphatic rings. The van der Waals surface area contributed by atoms with Crippen molar-refractivity contribution in [2.45, 2.75) is 40.2 Å². The van der Waals surface area contributed by atoms with Crippen molar-refractivity contribution in [3.63, 3.8) is 0 Å². The molecule has 0 fully saturated rings. The molecule has 2 aromatic carbocycles. The predicted octanol–water partition coefficient (Wildman–Crippen LogP) is 4.56. The Balaban J connectivity index is 2.38. The Morgan fingerprint density at radius 1 is 0.850 bits per heavy atom. The van der Waals surface area contributed by atoms with Crippen LogP contribution in [0.15, 0.2) is 42.5 Å². The topological polar surface area (TPSA) is 12.0 Å². The van der Waals surface area contributed by atoms with Gasteiger partial charge in [0.25, 0.3) is 0 Å². The van der Waals surface area contributed by atoms with Crippen LogP contribution < -0.4 is 5.32 Å². The summed E-state index contributed by atoms with van der Waals surface area (Å²) in [5.41, 5.74) is 6.74. The summed E-state index contributed by atoms with van der Waals surface area (Å²) in [7, 11) is 0. The monoisotopic (exact) mass is 267 g/mol. The minimum Gasteiger partial charge on any atom is -0.307 e. The molecule has 2 rings (SSSR count). The van der Waals surface area contributed by atoms with Crippen LogP contribution >= 0.6 is 0 Å². The molecule has 0 amide bonds.